The van der Waals surface area contributed by atoms with Crippen LogP contribution in [0.15, 0.2) is 18.2 Å². The third-order valence-electron chi connectivity index (χ3n) is 4.27. The molecule has 1 aliphatic carbocycles. The topological polar surface area (TPSA) is 118 Å². The first-order valence-electron chi connectivity index (χ1n) is 6.83. The number of nitrogens with one attached hydrogen (secondary N) is 1. The quantitative estimate of drug-likeness (QED) is 0.441. The van der Waals surface area contributed by atoms with Crippen LogP contribution >= 0.6 is 0 Å². The van der Waals surface area contributed by atoms with E-state index in [0.717, 1.165) is 19.3 Å². The molecular formula is C14H19N3O4. The molecule has 1 aliphatic rings. The predicted molar refractivity (Wildman–Crippen MR) is 77.8 cm³/mol. The molecule has 7 heteroatoms. The van der Waals surface area contributed by atoms with Gasteiger partial charge in [0.15, 0.2) is 0 Å². The smallest absolute Gasteiger partial charge is 0.292 e. The summed E-state index contributed by atoms with van der Waals surface area (Å²) in [6.45, 7) is 1.91. The molecule has 0 aromatic heterocycles. The zero-order chi connectivity index (χ0) is 15.6. The Bertz CT molecular complexity index is 575. The fourth-order valence-electron chi connectivity index (χ4n) is 2.81. The van der Waals surface area contributed by atoms with Crippen molar-refractivity contribution < 1.29 is 14.8 Å². The Kier molecular flexibility index (Phi) is 4.13. The van der Waals surface area contributed by atoms with Gasteiger partial charge in [-0.15, -0.1) is 0 Å². The Morgan fingerprint density at radius 2 is 2.33 bits per heavy atom. The summed E-state index contributed by atoms with van der Waals surface area (Å²) in [5.41, 5.74) is 5.03. The number of hydrogen-bond donors (Lipinski definition) is 3. The summed E-state index contributed by atoms with van der Waals surface area (Å²) >= 11 is 0. The molecule has 0 heterocycles. The number of amides is 1. The Balaban J connectivity index is 2.22. The van der Waals surface area contributed by atoms with Crippen LogP contribution in [0, 0.1) is 15.5 Å². The van der Waals surface area contributed by atoms with Crippen molar-refractivity contribution in [2.75, 3.05) is 12.3 Å². The Labute approximate surface area is 122 Å². The van der Waals surface area contributed by atoms with E-state index < -0.39 is 10.8 Å². The number of nitrogen functional groups attached to an aromatic ring is 1. The molecule has 2 unspecified atom stereocenters. The van der Waals surface area contributed by atoms with E-state index in [1.54, 1.807) is 0 Å². The highest BCUT2D eigenvalue weighted by atomic mass is 16.6. The number of hydrogen-bond acceptors (Lipinski definition) is 5. The third-order valence-corrected chi connectivity index (χ3v) is 4.27. The van der Waals surface area contributed by atoms with Crippen LogP contribution in [-0.4, -0.2) is 28.6 Å². The highest BCUT2D eigenvalue weighted by Crippen LogP contribution is 2.37. The lowest BCUT2D eigenvalue weighted by Gasteiger charge is -2.30. The van der Waals surface area contributed by atoms with Crippen LogP contribution in [0.1, 0.15) is 36.5 Å². The first-order chi connectivity index (χ1) is 9.89. The standard InChI is InChI=1S/C14H19N3O4/c1-14(8-18)7-3-6-11(14)16-13(19)9-4-2-5-10(12(9)15)17(20)21/h2,4-5,11,18H,3,6-8,15H2,1H3,(H,16,19). The van der Waals surface area contributed by atoms with Crippen molar-refractivity contribution in [1.29, 1.82) is 0 Å². The average molecular weight is 293 g/mol. The molecule has 7 nitrogen and oxygen atoms in total. The number of nitrogens with two attached hydrogens (primary N) is 1. The summed E-state index contributed by atoms with van der Waals surface area (Å²) in [5, 5.41) is 23.2. The second-order valence-electron chi connectivity index (χ2n) is 5.73. The number of benzene rings is 1. The van der Waals surface area contributed by atoms with E-state index in [1.807, 2.05) is 6.92 Å². The zero-order valence-corrected chi connectivity index (χ0v) is 11.8. The van der Waals surface area contributed by atoms with Gasteiger partial charge in [0.1, 0.15) is 5.69 Å². The van der Waals surface area contributed by atoms with Crippen molar-refractivity contribution in [3.63, 3.8) is 0 Å². The van der Waals surface area contributed by atoms with Gasteiger partial charge in [0, 0.05) is 17.5 Å². The molecule has 0 bridgehead atoms. The molecule has 114 valence electrons. The van der Waals surface area contributed by atoms with Gasteiger partial charge in [0.25, 0.3) is 11.6 Å². The molecule has 21 heavy (non-hydrogen) atoms. The summed E-state index contributed by atoms with van der Waals surface area (Å²) in [7, 11) is 0. The van der Waals surface area contributed by atoms with E-state index in [2.05, 4.69) is 5.32 Å². The van der Waals surface area contributed by atoms with Crippen molar-refractivity contribution in [2.24, 2.45) is 5.41 Å². The maximum absolute atomic E-state index is 12.3. The zero-order valence-electron chi connectivity index (χ0n) is 11.8. The minimum atomic E-state index is -0.612. The lowest BCUT2D eigenvalue weighted by molar-refractivity contribution is -0.383. The second-order valence-corrected chi connectivity index (χ2v) is 5.73. The number of aliphatic hydroxyl groups excluding tert-OH is 1. The van der Waals surface area contributed by atoms with E-state index >= 15 is 0 Å². The number of nitro benzene ring substituents is 1. The molecule has 1 fully saturated rings. The summed E-state index contributed by atoms with van der Waals surface area (Å²) in [4.78, 5) is 22.5. The normalized spacial score (nSPS) is 24.8. The van der Waals surface area contributed by atoms with Crippen molar-refractivity contribution in [2.45, 2.75) is 32.2 Å². The summed E-state index contributed by atoms with van der Waals surface area (Å²) in [6.07, 6.45) is 2.53. The second kappa shape index (κ2) is 5.69. The average Bonchev–Trinajstić information content (AvgIpc) is 2.80. The molecule has 0 aliphatic heterocycles. The lowest BCUT2D eigenvalue weighted by atomic mass is 9.85. The van der Waals surface area contributed by atoms with Gasteiger partial charge in [-0.2, -0.15) is 0 Å². The molecule has 1 amide bonds. The minimum Gasteiger partial charge on any atom is -0.396 e. The van der Waals surface area contributed by atoms with Gasteiger partial charge < -0.3 is 16.2 Å². The first-order valence-corrected chi connectivity index (χ1v) is 6.83. The molecule has 0 radical (unpaired) electrons. The molecule has 2 atom stereocenters. The fourth-order valence-corrected chi connectivity index (χ4v) is 2.81. The fraction of sp³-hybridized carbons (Fsp3) is 0.500. The number of anilines is 1. The van der Waals surface area contributed by atoms with E-state index in [4.69, 9.17) is 5.73 Å². The van der Waals surface area contributed by atoms with E-state index in [0.29, 0.717) is 0 Å². The van der Waals surface area contributed by atoms with Crippen molar-refractivity contribution >= 4 is 17.3 Å². The monoisotopic (exact) mass is 293 g/mol. The molecule has 4 N–H and O–H groups in total. The number of nitrogens with zero attached hydrogens (tertiary/aromatic N) is 1. The van der Waals surface area contributed by atoms with Crippen LogP contribution < -0.4 is 11.1 Å². The van der Waals surface area contributed by atoms with Crippen LogP contribution in [0.3, 0.4) is 0 Å². The largest absolute Gasteiger partial charge is 0.396 e. The van der Waals surface area contributed by atoms with Gasteiger partial charge in [-0.25, -0.2) is 0 Å². The van der Waals surface area contributed by atoms with E-state index in [-0.39, 0.29) is 35.0 Å². The molecule has 0 spiro atoms. The van der Waals surface area contributed by atoms with Gasteiger partial charge in [0.05, 0.1) is 17.1 Å². The van der Waals surface area contributed by atoms with Gasteiger partial charge in [-0.3, -0.25) is 14.9 Å². The van der Waals surface area contributed by atoms with Crippen LogP contribution in [0.5, 0.6) is 0 Å². The number of carbonyl (C=O) groups is 1. The van der Waals surface area contributed by atoms with Crippen LogP contribution in [0.25, 0.3) is 0 Å². The van der Waals surface area contributed by atoms with Gasteiger partial charge in [0.2, 0.25) is 0 Å². The van der Waals surface area contributed by atoms with Crippen molar-refractivity contribution in [3.05, 3.63) is 33.9 Å². The maximum atomic E-state index is 12.3. The van der Waals surface area contributed by atoms with Gasteiger partial charge >= 0.3 is 0 Å². The third kappa shape index (κ3) is 2.82. The van der Waals surface area contributed by atoms with Crippen LogP contribution in [0.2, 0.25) is 0 Å². The number of aliphatic hydroxyl groups is 1. The molecule has 1 saturated carbocycles. The maximum Gasteiger partial charge on any atom is 0.292 e. The molecular weight excluding hydrogens is 274 g/mol. The number of nitro groups is 1. The van der Waals surface area contributed by atoms with Gasteiger partial charge in [-0.1, -0.05) is 19.4 Å². The minimum absolute atomic E-state index is 0.0115. The number of rotatable bonds is 4. The summed E-state index contributed by atoms with van der Waals surface area (Å²) < 4.78 is 0. The lowest BCUT2D eigenvalue weighted by Crippen LogP contribution is -2.44. The number of carbonyl (C=O) groups excluding carboxylic acids is 1. The van der Waals surface area contributed by atoms with E-state index in [9.17, 15) is 20.0 Å². The Morgan fingerprint density at radius 3 is 2.95 bits per heavy atom. The number of para-hydroxylation sites is 1. The summed E-state index contributed by atoms with van der Waals surface area (Å²) in [5.74, 6) is -0.442. The van der Waals surface area contributed by atoms with Crippen LogP contribution in [0.4, 0.5) is 11.4 Å². The van der Waals surface area contributed by atoms with Crippen LogP contribution in [-0.2, 0) is 0 Å². The molecule has 1 aromatic rings. The predicted octanol–water partition coefficient (Wildman–Crippen LogP) is 1.46. The Morgan fingerprint density at radius 1 is 1.62 bits per heavy atom. The molecule has 0 saturated heterocycles. The van der Waals surface area contributed by atoms with Crippen molar-refractivity contribution in [3.8, 4) is 0 Å². The highest BCUT2D eigenvalue weighted by Gasteiger charge is 2.39. The van der Waals surface area contributed by atoms with Crippen molar-refractivity contribution in [1.82, 2.24) is 5.32 Å². The molecule has 1 aromatic carbocycles. The summed E-state index contributed by atoms with van der Waals surface area (Å²) in [6, 6.07) is 4.00. The first kappa shape index (κ1) is 15.2. The van der Waals surface area contributed by atoms with E-state index in [1.165, 1.54) is 18.2 Å². The Hall–Kier alpha value is -2.15. The SMILES string of the molecule is CC1(CO)CCCC1NC(=O)c1cccc([N+](=O)[O-])c1N. The van der Waals surface area contributed by atoms with Gasteiger partial charge in [-0.05, 0) is 18.9 Å². The molecule has 2 rings (SSSR count). The highest BCUT2D eigenvalue weighted by molar-refractivity contribution is 6.01.